The standard InChI is InChI=1S/C25H24N4O5S/c1-16-21-23(35-22(16)25(32)34-13-12-33-2)26-15-29(24(21)31)14-20(30)28-19-10-8-18(9-11-19)27-17-6-4-3-5-7-17/h3-11,15,27H,12-14H2,1-2H3,(H,28,30). The predicted molar refractivity (Wildman–Crippen MR) is 136 cm³/mol. The Kier molecular flexibility index (Phi) is 7.54. The fraction of sp³-hybridized carbons (Fsp3) is 0.200. The highest BCUT2D eigenvalue weighted by Crippen LogP contribution is 2.27. The van der Waals surface area contributed by atoms with Gasteiger partial charge in [-0.05, 0) is 48.9 Å². The number of aryl methyl sites for hydroxylation is 1. The molecule has 0 aliphatic heterocycles. The van der Waals surface area contributed by atoms with Gasteiger partial charge in [0.2, 0.25) is 5.91 Å². The molecule has 1 amide bonds. The second-order valence-corrected chi connectivity index (χ2v) is 8.66. The Morgan fingerprint density at radius 2 is 1.69 bits per heavy atom. The van der Waals surface area contributed by atoms with E-state index in [1.165, 1.54) is 18.0 Å². The van der Waals surface area contributed by atoms with Crippen LogP contribution >= 0.6 is 11.3 Å². The van der Waals surface area contributed by atoms with Gasteiger partial charge < -0.3 is 20.1 Å². The molecule has 2 N–H and O–H groups in total. The molecule has 0 radical (unpaired) electrons. The van der Waals surface area contributed by atoms with Crippen LogP contribution in [0, 0.1) is 6.92 Å². The van der Waals surface area contributed by atoms with E-state index in [0.717, 1.165) is 22.7 Å². The Labute approximate surface area is 205 Å². The largest absolute Gasteiger partial charge is 0.459 e. The van der Waals surface area contributed by atoms with Crippen LogP contribution in [-0.4, -0.2) is 41.8 Å². The Morgan fingerprint density at radius 1 is 1.00 bits per heavy atom. The summed E-state index contributed by atoms with van der Waals surface area (Å²) in [6, 6.07) is 17.0. The van der Waals surface area contributed by atoms with Crippen molar-refractivity contribution < 1.29 is 19.1 Å². The number of anilines is 3. The molecule has 0 unspecified atom stereocenters. The number of benzene rings is 2. The van der Waals surface area contributed by atoms with E-state index in [2.05, 4.69) is 15.6 Å². The number of methoxy groups -OCH3 is 1. The first kappa shape index (κ1) is 24.1. The van der Waals surface area contributed by atoms with Crippen molar-refractivity contribution in [2.45, 2.75) is 13.5 Å². The summed E-state index contributed by atoms with van der Waals surface area (Å²) in [5.41, 5.74) is 2.54. The molecule has 0 aliphatic rings. The molecule has 2 aromatic carbocycles. The molecule has 9 nitrogen and oxygen atoms in total. The number of para-hydroxylation sites is 1. The van der Waals surface area contributed by atoms with Crippen LogP contribution in [0.2, 0.25) is 0 Å². The number of carbonyl (C=O) groups excluding carboxylic acids is 2. The van der Waals surface area contributed by atoms with Crippen molar-refractivity contribution >= 4 is 50.5 Å². The molecule has 180 valence electrons. The number of fused-ring (bicyclic) bond motifs is 1. The molecule has 0 atom stereocenters. The van der Waals surface area contributed by atoms with Gasteiger partial charge in [0.15, 0.2) is 0 Å². The lowest BCUT2D eigenvalue weighted by Gasteiger charge is -2.09. The van der Waals surface area contributed by atoms with Crippen molar-refractivity contribution in [1.82, 2.24) is 9.55 Å². The van der Waals surface area contributed by atoms with E-state index in [0.29, 0.717) is 26.3 Å². The van der Waals surface area contributed by atoms with E-state index in [9.17, 15) is 14.4 Å². The van der Waals surface area contributed by atoms with Crippen molar-refractivity contribution in [2.75, 3.05) is 31.0 Å². The van der Waals surface area contributed by atoms with Gasteiger partial charge in [0.25, 0.3) is 5.56 Å². The molecule has 35 heavy (non-hydrogen) atoms. The summed E-state index contributed by atoms with van der Waals surface area (Å²) in [5, 5.41) is 6.37. The molecule has 2 aromatic heterocycles. The third-order valence-corrected chi connectivity index (χ3v) is 6.35. The van der Waals surface area contributed by atoms with E-state index < -0.39 is 11.5 Å². The first-order valence-corrected chi connectivity index (χ1v) is 11.6. The molecule has 0 fully saturated rings. The van der Waals surface area contributed by atoms with E-state index >= 15 is 0 Å². The molecule has 0 spiro atoms. The molecule has 0 bridgehead atoms. The quantitative estimate of drug-likeness (QED) is 0.269. The van der Waals surface area contributed by atoms with Gasteiger partial charge >= 0.3 is 5.97 Å². The Balaban J connectivity index is 1.44. The fourth-order valence-corrected chi connectivity index (χ4v) is 4.46. The SMILES string of the molecule is COCCOC(=O)c1sc2ncn(CC(=O)Nc3ccc(Nc4ccccc4)cc3)c(=O)c2c1C. The van der Waals surface area contributed by atoms with Gasteiger partial charge in [0, 0.05) is 24.2 Å². The number of ether oxygens (including phenoxy) is 2. The maximum atomic E-state index is 13.0. The van der Waals surface area contributed by atoms with Gasteiger partial charge in [0.05, 0.1) is 18.3 Å². The zero-order valence-corrected chi connectivity index (χ0v) is 20.1. The number of amides is 1. The topological polar surface area (TPSA) is 112 Å². The highest BCUT2D eigenvalue weighted by Gasteiger charge is 2.21. The van der Waals surface area contributed by atoms with Gasteiger partial charge in [-0.2, -0.15) is 0 Å². The van der Waals surface area contributed by atoms with E-state index in [4.69, 9.17) is 9.47 Å². The van der Waals surface area contributed by atoms with Crippen molar-refractivity contribution in [3.8, 4) is 0 Å². The molecule has 0 aliphatic carbocycles. The molecule has 4 rings (SSSR count). The van der Waals surface area contributed by atoms with Crippen LogP contribution < -0.4 is 16.2 Å². The summed E-state index contributed by atoms with van der Waals surface area (Å²) in [7, 11) is 1.51. The number of esters is 1. The maximum Gasteiger partial charge on any atom is 0.348 e. The first-order valence-electron chi connectivity index (χ1n) is 10.8. The third kappa shape index (κ3) is 5.73. The second-order valence-electron chi connectivity index (χ2n) is 7.66. The number of rotatable bonds is 9. The highest BCUT2D eigenvalue weighted by atomic mass is 32.1. The summed E-state index contributed by atoms with van der Waals surface area (Å²) < 4.78 is 11.3. The van der Waals surface area contributed by atoms with Crippen LogP contribution in [0.25, 0.3) is 10.2 Å². The van der Waals surface area contributed by atoms with Crippen LogP contribution in [-0.2, 0) is 20.8 Å². The van der Waals surface area contributed by atoms with Crippen LogP contribution in [0.15, 0.2) is 65.7 Å². The fourth-order valence-electron chi connectivity index (χ4n) is 3.43. The van der Waals surface area contributed by atoms with Crippen molar-refractivity contribution in [2.24, 2.45) is 0 Å². The second kappa shape index (κ2) is 10.9. The van der Waals surface area contributed by atoms with Crippen LogP contribution in [0.5, 0.6) is 0 Å². The summed E-state index contributed by atoms with van der Waals surface area (Å²) in [6.45, 7) is 1.85. The number of thiophene rings is 1. The number of carbonyl (C=O) groups is 2. The summed E-state index contributed by atoms with van der Waals surface area (Å²) >= 11 is 1.09. The summed E-state index contributed by atoms with van der Waals surface area (Å²) in [4.78, 5) is 43.0. The van der Waals surface area contributed by atoms with Crippen molar-refractivity contribution in [3.05, 3.63) is 81.7 Å². The predicted octanol–water partition coefficient (Wildman–Crippen LogP) is 3.95. The zero-order chi connectivity index (χ0) is 24.8. The average Bonchev–Trinajstić information content (AvgIpc) is 3.20. The Bertz CT molecular complexity index is 1400. The molecule has 4 aromatic rings. The van der Waals surface area contributed by atoms with Gasteiger partial charge in [-0.1, -0.05) is 18.2 Å². The van der Waals surface area contributed by atoms with Crippen molar-refractivity contribution in [1.29, 1.82) is 0 Å². The lowest BCUT2D eigenvalue weighted by Crippen LogP contribution is -2.27. The van der Waals surface area contributed by atoms with Crippen LogP contribution in [0.1, 0.15) is 15.2 Å². The Hall–Kier alpha value is -4.02. The Morgan fingerprint density at radius 3 is 2.40 bits per heavy atom. The smallest absolute Gasteiger partial charge is 0.348 e. The number of hydrogen-bond donors (Lipinski definition) is 2. The number of aromatic nitrogens is 2. The summed E-state index contributed by atoms with van der Waals surface area (Å²) in [6.07, 6.45) is 1.31. The lowest BCUT2D eigenvalue weighted by molar-refractivity contribution is -0.116. The third-order valence-electron chi connectivity index (χ3n) is 5.17. The summed E-state index contributed by atoms with van der Waals surface area (Å²) in [5.74, 6) is -0.902. The molecule has 10 heteroatoms. The van der Waals surface area contributed by atoms with E-state index in [1.807, 2.05) is 42.5 Å². The minimum absolute atomic E-state index is 0.115. The maximum absolute atomic E-state index is 13.0. The molecule has 0 saturated heterocycles. The van der Waals surface area contributed by atoms with E-state index in [-0.39, 0.29) is 25.7 Å². The van der Waals surface area contributed by atoms with Gasteiger partial charge in [0.1, 0.15) is 22.9 Å². The highest BCUT2D eigenvalue weighted by molar-refractivity contribution is 7.20. The molecular weight excluding hydrogens is 468 g/mol. The number of nitrogens with one attached hydrogen (secondary N) is 2. The molecule has 0 saturated carbocycles. The first-order chi connectivity index (χ1) is 17.0. The van der Waals surface area contributed by atoms with E-state index in [1.54, 1.807) is 19.1 Å². The minimum Gasteiger partial charge on any atom is -0.459 e. The van der Waals surface area contributed by atoms with Gasteiger partial charge in [-0.25, -0.2) is 9.78 Å². The average molecular weight is 493 g/mol. The van der Waals surface area contributed by atoms with Gasteiger partial charge in [-0.15, -0.1) is 11.3 Å². The minimum atomic E-state index is -0.531. The van der Waals surface area contributed by atoms with Crippen LogP contribution in [0.4, 0.5) is 17.1 Å². The van der Waals surface area contributed by atoms with Crippen LogP contribution in [0.3, 0.4) is 0 Å². The van der Waals surface area contributed by atoms with Crippen molar-refractivity contribution in [3.63, 3.8) is 0 Å². The number of nitrogens with zero attached hydrogens (tertiary/aromatic N) is 2. The van der Waals surface area contributed by atoms with Gasteiger partial charge in [-0.3, -0.25) is 14.2 Å². The zero-order valence-electron chi connectivity index (χ0n) is 19.2. The molecule has 2 heterocycles. The lowest BCUT2D eigenvalue weighted by atomic mass is 10.2. The molecular formula is C25H24N4O5S. The number of hydrogen-bond acceptors (Lipinski definition) is 8. The monoisotopic (exact) mass is 492 g/mol. The normalized spacial score (nSPS) is 10.8.